The maximum absolute atomic E-state index is 13.5. The van der Waals surface area contributed by atoms with Crippen LogP contribution in [0.15, 0.2) is 47.3 Å². The van der Waals surface area contributed by atoms with Gasteiger partial charge >= 0.3 is 0 Å². The molecule has 78 valence electrons. The molecule has 4 heteroatoms. The summed E-state index contributed by atoms with van der Waals surface area (Å²) in [6.07, 6.45) is 2.91. The van der Waals surface area contributed by atoms with Gasteiger partial charge in [-0.25, -0.2) is 9.37 Å². The molecule has 0 saturated carbocycles. The van der Waals surface area contributed by atoms with Crippen LogP contribution in [0.3, 0.4) is 0 Å². The number of benzene rings is 1. The molecule has 1 aromatic carbocycles. The van der Waals surface area contributed by atoms with Crippen LogP contribution in [0.1, 0.15) is 0 Å². The Morgan fingerprint density at radius 3 is 2.88 bits per heavy atom. The largest absolute Gasteiger partial charge is 0.442 e. The molecule has 0 saturated heterocycles. The molecule has 0 fully saturated rings. The highest BCUT2D eigenvalue weighted by molar-refractivity contribution is 5.76. The van der Waals surface area contributed by atoms with Gasteiger partial charge in [-0.05, 0) is 12.1 Å². The van der Waals surface area contributed by atoms with E-state index >= 15 is 0 Å². The van der Waals surface area contributed by atoms with E-state index in [1.165, 1.54) is 12.5 Å². The third kappa shape index (κ3) is 1.35. The minimum atomic E-state index is -0.275. The minimum absolute atomic E-state index is 0.275. The van der Waals surface area contributed by atoms with E-state index in [2.05, 4.69) is 9.97 Å². The second-order valence-electron chi connectivity index (χ2n) is 3.38. The summed E-state index contributed by atoms with van der Waals surface area (Å²) in [5.74, 6) is -0.275. The topological polar surface area (TPSA) is 38.9 Å². The third-order valence-electron chi connectivity index (χ3n) is 2.37. The van der Waals surface area contributed by atoms with Crippen LogP contribution in [0.25, 0.3) is 22.4 Å². The summed E-state index contributed by atoms with van der Waals surface area (Å²) in [4.78, 5) is 7.99. The van der Waals surface area contributed by atoms with Crippen LogP contribution in [-0.2, 0) is 0 Å². The Labute approximate surface area is 90.6 Å². The van der Waals surface area contributed by atoms with Crippen molar-refractivity contribution in [1.82, 2.24) is 9.97 Å². The number of nitrogens with zero attached hydrogens (tertiary/aromatic N) is 2. The minimum Gasteiger partial charge on any atom is -0.442 e. The predicted molar refractivity (Wildman–Crippen MR) is 57.2 cm³/mol. The summed E-state index contributed by atoms with van der Waals surface area (Å²) in [7, 11) is 0. The van der Waals surface area contributed by atoms with Crippen molar-refractivity contribution in [1.29, 1.82) is 0 Å². The van der Waals surface area contributed by atoms with Crippen molar-refractivity contribution in [2.75, 3.05) is 0 Å². The molecule has 0 N–H and O–H groups in total. The third-order valence-corrected chi connectivity index (χ3v) is 2.37. The molecule has 0 bridgehead atoms. The maximum Gasteiger partial charge on any atom is 0.198 e. The van der Waals surface area contributed by atoms with Gasteiger partial charge < -0.3 is 4.42 Å². The van der Waals surface area contributed by atoms with Crippen molar-refractivity contribution in [2.45, 2.75) is 0 Å². The fraction of sp³-hybridized carbons (Fsp3) is 0. The van der Waals surface area contributed by atoms with Crippen molar-refractivity contribution in [3.63, 3.8) is 0 Å². The number of oxazole rings is 1. The van der Waals surface area contributed by atoms with Crippen LogP contribution in [0.4, 0.5) is 4.39 Å². The van der Waals surface area contributed by atoms with Crippen LogP contribution in [0.5, 0.6) is 0 Å². The molecule has 3 nitrogen and oxygen atoms in total. The Bertz CT molecular complexity index is 648. The fourth-order valence-corrected chi connectivity index (χ4v) is 1.60. The van der Waals surface area contributed by atoms with Gasteiger partial charge in [0.2, 0.25) is 0 Å². The van der Waals surface area contributed by atoms with E-state index in [0.29, 0.717) is 22.4 Å². The molecular formula is C12H7FN2O. The van der Waals surface area contributed by atoms with E-state index in [1.807, 2.05) is 0 Å². The lowest BCUT2D eigenvalue weighted by molar-refractivity contribution is 0.602. The second kappa shape index (κ2) is 3.41. The molecule has 16 heavy (non-hydrogen) atoms. The van der Waals surface area contributed by atoms with E-state index in [1.54, 1.807) is 30.5 Å². The van der Waals surface area contributed by atoms with Crippen LogP contribution >= 0.6 is 0 Å². The highest BCUT2D eigenvalue weighted by atomic mass is 19.1. The van der Waals surface area contributed by atoms with E-state index < -0.39 is 0 Å². The smallest absolute Gasteiger partial charge is 0.198 e. The summed E-state index contributed by atoms with van der Waals surface area (Å²) in [6.45, 7) is 0. The van der Waals surface area contributed by atoms with Gasteiger partial charge in [-0.1, -0.05) is 18.2 Å². The van der Waals surface area contributed by atoms with Crippen LogP contribution in [0.2, 0.25) is 0 Å². The highest BCUT2D eigenvalue weighted by Crippen LogP contribution is 2.24. The van der Waals surface area contributed by atoms with Gasteiger partial charge in [0.1, 0.15) is 5.82 Å². The van der Waals surface area contributed by atoms with Crippen LogP contribution in [-0.4, -0.2) is 9.97 Å². The van der Waals surface area contributed by atoms with Crippen molar-refractivity contribution in [3.8, 4) is 11.1 Å². The first kappa shape index (κ1) is 9.03. The normalized spacial score (nSPS) is 10.8. The lowest BCUT2D eigenvalue weighted by Gasteiger charge is -2.01. The molecule has 0 unspecified atom stereocenters. The quantitative estimate of drug-likeness (QED) is 0.625. The summed E-state index contributed by atoms with van der Waals surface area (Å²) >= 11 is 0. The van der Waals surface area contributed by atoms with Crippen molar-refractivity contribution in [2.24, 2.45) is 0 Å². The molecule has 0 aliphatic carbocycles. The Hall–Kier alpha value is -2.23. The SMILES string of the molecule is Fc1ccccc1-c1cnc2ncoc2c1. The Morgan fingerprint density at radius 1 is 1.12 bits per heavy atom. The Morgan fingerprint density at radius 2 is 2.00 bits per heavy atom. The Kier molecular flexibility index (Phi) is 1.93. The average Bonchev–Trinajstić information content (AvgIpc) is 2.76. The average molecular weight is 214 g/mol. The van der Waals surface area contributed by atoms with Gasteiger partial charge in [0.05, 0.1) is 0 Å². The number of hydrogen-bond donors (Lipinski definition) is 0. The number of hydrogen-bond acceptors (Lipinski definition) is 3. The molecule has 0 amide bonds. The zero-order valence-corrected chi connectivity index (χ0v) is 8.22. The summed E-state index contributed by atoms with van der Waals surface area (Å²) in [5, 5.41) is 0. The monoisotopic (exact) mass is 214 g/mol. The van der Waals surface area contributed by atoms with Gasteiger partial charge in [-0.3, -0.25) is 0 Å². The standard InChI is InChI=1S/C12H7FN2O/c13-10-4-2-1-3-9(10)8-5-11-12(14-6-8)15-7-16-11/h1-7H. The molecule has 0 radical (unpaired) electrons. The molecule has 3 rings (SSSR count). The molecule has 0 aliphatic rings. The van der Waals surface area contributed by atoms with Crippen molar-refractivity contribution < 1.29 is 8.81 Å². The second-order valence-corrected chi connectivity index (χ2v) is 3.38. The van der Waals surface area contributed by atoms with E-state index in [-0.39, 0.29) is 5.82 Å². The van der Waals surface area contributed by atoms with E-state index in [0.717, 1.165) is 0 Å². The van der Waals surface area contributed by atoms with E-state index in [4.69, 9.17) is 4.42 Å². The number of aromatic nitrogens is 2. The molecule has 0 atom stereocenters. The van der Waals surface area contributed by atoms with Crippen LogP contribution < -0.4 is 0 Å². The lowest BCUT2D eigenvalue weighted by atomic mass is 10.1. The van der Waals surface area contributed by atoms with Gasteiger partial charge in [0.15, 0.2) is 17.6 Å². The first-order valence-electron chi connectivity index (χ1n) is 4.79. The first-order valence-corrected chi connectivity index (χ1v) is 4.79. The molecular weight excluding hydrogens is 207 g/mol. The molecule has 2 aromatic heterocycles. The zero-order chi connectivity index (χ0) is 11.0. The van der Waals surface area contributed by atoms with Gasteiger partial charge in [0, 0.05) is 17.3 Å². The highest BCUT2D eigenvalue weighted by Gasteiger charge is 2.07. The molecule has 3 aromatic rings. The number of pyridine rings is 1. The van der Waals surface area contributed by atoms with Gasteiger partial charge in [-0.15, -0.1) is 0 Å². The number of fused-ring (bicyclic) bond motifs is 1. The van der Waals surface area contributed by atoms with Gasteiger partial charge in [0.25, 0.3) is 0 Å². The predicted octanol–water partition coefficient (Wildman–Crippen LogP) is 3.03. The Balaban J connectivity index is 2.22. The fourth-order valence-electron chi connectivity index (χ4n) is 1.60. The van der Waals surface area contributed by atoms with Gasteiger partial charge in [-0.2, -0.15) is 4.98 Å². The summed E-state index contributed by atoms with van der Waals surface area (Å²) in [5.41, 5.74) is 2.27. The first-order chi connectivity index (χ1) is 7.84. The number of halogens is 1. The van der Waals surface area contributed by atoms with Crippen LogP contribution in [0, 0.1) is 5.82 Å². The molecule has 0 spiro atoms. The molecule has 2 heterocycles. The maximum atomic E-state index is 13.5. The summed E-state index contributed by atoms with van der Waals surface area (Å²) < 4.78 is 18.7. The van der Waals surface area contributed by atoms with Crippen molar-refractivity contribution >= 4 is 11.2 Å². The van der Waals surface area contributed by atoms with Crippen molar-refractivity contribution in [3.05, 3.63) is 48.7 Å². The zero-order valence-electron chi connectivity index (χ0n) is 8.22. The van der Waals surface area contributed by atoms with E-state index in [9.17, 15) is 4.39 Å². The summed E-state index contributed by atoms with van der Waals surface area (Å²) in [6, 6.07) is 8.28. The number of rotatable bonds is 1. The molecule has 0 aliphatic heterocycles. The lowest BCUT2D eigenvalue weighted by Crippen LogP contribution is -1.85.